The van der Waals surface area contributed by atoms with Crippen molar-refractivity contribution in [2.75, 3.05) is 0 Å². The van der Waals surface area contributed by atoms with Crippen LogP contribution in [-0.4, -0.2) is 19.5 Å². The summed E-state index contributed by atoms with van der Waals surface area (Å²) in [6, 6.07) is 19.5. The first-order valence-corrected chi connectivity index (χ1v) is 8.66. The Bertz CT molecular complexity index is 1140. The topological polar surface area (TPSA) is 49.4 Å². The minimum atomic E-state index is 0.840. The van der Waals surface area contributed by atoms with E-state index < -0.39 is 0 Å². The molecule has 3 heterocycles. The van der Waals surface area contributed by atoms with Crippen molar-refractivity contribution in [1.29, 1.82) is 0 Å². The van der Waals surface area contributed by atoms with Gasteiger partial charge in [0.1, 0.15) is 0 Å². The minimum absolute atomic E-state index is 0.840. The van der Waals surface area contributed by atoms with Gasteiger partial charge in [0.15, 0.2) is 0 Å². The highest BCUT2D eigenvalue weighted by molar-refractivity contribution is 5.85. The molecule has 0 unspecified atom stereocenters. The third-order valence-corrected chi connectivity index (χ3v) is 4.76. The van der Waals surface area contributed by atoms with Crippen molar-refractivity contribution < 1.29 is 0 Å². The minimum Gasteiger partial charge on any atom is -0.361 e. The molecule has 0 spiro atoms. The fourth-order valence-corrected chi connectivity index (χ4v) is 3.34. The second kappa shape index (κ2) is 6.08. The van der Waals surface area contributed by atoms with Gasteiger partial charge in [-0.1, -0.05) is 30.3 Å². The van der Waals surface area contributed by atoms with E-state index >= 15 is 0 Å². The molecule has 0 bridgehead atoms. The Morgan fingerprint density at radius 1 is 0.846 bits per heavy atom. The number of rotatable bonds is 4. The summed E-state index contributed by atoms with van der Waals surface area (Å²) in [5.41, 5.74) is 7.16. The van der Waals surface area contributed by atoms with Crippen LogP contribution in [-0.2, 0) is 6.54 Å². The Morgan fingerprint density at radius 3 is 2.58 bits per heavy atom. The van der Waals surface area contributed by atoms with Crippen molar-refractivity contribution >= 4 is 10.9 Å². The van der Waals surface area contributed by atoms with Crippen LogP contribution in [0.25, 0.3) is 33.3 Å². The van der Waals surface area contributed by atoms with E-state index in [9.17, 15) is 0 Å². The number of benzene rings is 2. The molecule has 4 heteroatoms. The molecule has 0 saturated heterocycles. The fourth-order valence-electron chi connectivity index (χ4n) is 3.34. The molecule has 0 radical (unpaired) electrons. The second-order valence-corrected chi connectivity index (χ2v) is 6.51. The Hall–Kier alpha value is -3.53. The molecule has 2 aromatic carbocycles. The normalized spacial score (nSPS) is 11.2. The van der Waals surface area contributed by atoms with E-state index in [0.717, 1.165) is 17.8 Å². The van der Waals surface area contributed by atoms with E-state index in [1.807, 2.05) is 18.7 Å². The Labute approximate surface area is 151 Å². The average Bonchev–Trinajstić information content (AvgIpc) is 3.43. The van der Waals surface area contributed by atoms with Crippen molar-refractivity contribution in [1.82, 2.24) is 19.5 Å². The van der Waals surface area contributed by atoms with Gasteiger partial charge in [-0.3, -0.25) is 0 Å². The highest BCUT2D eigenvalue weighted by Gasteiger charge is 2.06. The number of hydrogen-bond donors (Lipinski definition) is 2. The van der Waals surface area contributed by atoms with Gasteiger partial charge in [-0.25, -0.2) is 4.98 Å². The lowest BCUT2D eigenvalue weighted by molar-refractivity contribution is 0.797. The number of imidazole rings is 1. The standard InChI is InChI=1S/C22H18N4/c1-3-17(4-2-16(1)14-26-10-9-23-15-26)22-12-20(13-25-22)18-5-6-21-19(11-18)7-8-24-21/h1-13,15,24-25H,14H2. The summed E-state index contributed by atoms with van der Waals surface area (Å²) in [5.74, 6) is 0. The van der Waals surface area contributed by atoms with Gasteiger partial charge in [0, 0.05) is 42.5 Å². The molecule has 0 aliphatic heterocycles. The summed E-state index contributed by atoms with van der Waals surface area (Å²) in [5, 5.41) is 1.23. The largest absolute Gasteiger partial charge is 0.361 e. The molecular formula is C22H18N4. The number of nitrogens with zero attached hydrogens (tertiary/aromatic N) is 2. The summed E-state index contributed by atoms with van der Waals surface area (Å²) in [6.45, 7) is 0.840. The summed E-state index contributed by atoms with van der Waals surface area (Å²) in [6.07, 6.45) is 9.67. The van der Waals surface area contributed by atoms with E-state index in [1.165, 1.54) is 27.6 Å². The molecule has 126 valence electrons. The maximum Gasteiger partial charge on any atom is 0.0949 e. The number of H-pyrrole nitrogens is 2. The smallest absolute Gasteiger partial charge is 0.0949 e. The molecule has 0 fully saturated rings. The first-order valence-electron chi connectivity index (χ1n) is 8.66. The molecule has 0 aliphatic carbocycles. The molecule has 0 aliphatic rings. The van der Waals surface area contributed by atoms with Crippen LogP contribution in [0.5, 0.6) is 0 Å². The number of aromatic amines is 2. The van der Waals surface area contributed by atoms with E-state index in [2.05, 4.69) is 80.3 Å². The highest BCUT2D eigenvalue weighted by Crippen LogP contribution is 2.28. The predicted octanol–water partition coefficient (Wildman–Crippen LogP) is 5.07. The molecule has 5 rings (SSSR count). The number of hydrogen-bond acceptors (Lipinski definition) is 1. The summed E-state index contributed by atoms with van der Waals surface area (Å²) >= 11 is 0. The van der Waals surface area contributed by atoms with Gasteiger partial charge in [0.2, 0.25) is 0 Å². The lowest BCUT2D eigenvalue weighted by Gasteiger charge is -2.04. The fraction of sp³-hybridized carbons (Fsp3) is 0.0455. The van der Waals surface area contributed by atoms with Crippen molar-refractivity contribution in [2.45, 2.75) is 6.54 Å². The number of aromatic nitrogens is 4. The second-order valence-electron chi connectivity index (χ2n) is 6.51. The van der Waals surface area contributed by atoms with Crippen LogP contribution in [0.15, 0.2) is 85.7 Å². The van der Waals surface area contributed by atoms with E-state index in [-0.39, 0.29) is 0 Å². The third-order valence-electron chi connectivity index (χ3n) is 4.76. The molecule has 4 nitrogen and oxygen atoms in total. The first kappa shape index (κ1) is 14.8. The molecule has 0 saturated carbocycles. The van der Waals surface area contributed by atoms with E-state index in [1.54, 1.807) is 6.20 Å². The average molecular weight is 338 g/mol. The van der Waals surface area contributed by atoms with Gasteiger partial charge < -0.3 is 14.5 Å². The van der Waals surface area contributed by atoms with Crippen molar-refractivity contribution in [3.05, 3.63) is 91.3 Å². The number of nitrogens with one attached hydrogen (secondary N) is 2. The monoisotopic (exact) mass is 338 g/mol. The van der Waals surface area contributed by atoms with Crippen LogP contribution in [0.3, 0.4) is 0 Å². The summed E-state index contributed by atoms with van der Waals surface area (Å²) in [7, 11) is 0. The van der Waals surface area contributed by atoms with Crippen LogP contribution >= 0.6 is 0 Å². The molecule has 2 N–H and O–H groups in total. The van der Waals surface area contributed by atoms with Gasteiger partial charge in [-0.15, -0.1) is 0 Å². The van der Waals surface area contributed by atoms with E-state index in [4.69, 9.17) is 0 Å². The Balaban J connectivity index is 1.40. The van der Waals surface area contributed by atoms with Crippen LogP contribution in [0, 0.1) is 0 Å². The van der Waals surface area contributed by atoms with Crippen LogP contribution in [0.1, 0.15) is 5.56 Å². The zero-order valence-electron chi connectivity index (χ0n) is 14.2. The maximum atomic E-state index is 4.09. The van der Waals surface area contributed by atoms with Gasteiger partial charge in [0.25, 0.3) is 0 Å². The molecular weight excluding hydrogens is 320 g/mol. The maximum absolute atomic E-state index is 4.09. The SMILES string of the molecule is c1cn(Cc2ccc(-c3cc(-c4ccc5[nH]ccc5c4)c[nH]3)cc2)cn1. The van der Waals surface area contributed by atoms with E-state index in [0.29, 0.717) is 0 Å². The zero-order valence-corrected chi connectivity index (χ0v) is 14.2. The summed E-state index contributed by atoms with van der Waals surface area (Å²) in [4.78, 5) is 10.7. The molecule has 5 aromatic rings. The van der Waals surface area contributed by atoms with Gasteiger partial charge in [-0.2, -0.15) is 0 Å². The van der Waals surface area contributed by atoms with Crippen LogP contribution in [0.2, 0.25) is 0 Å². The highest BCUT2D eigenvalue weighted by atomic mass is 15.0. The van der Waals surface area contributed by atoms with Crippen molar-refractivity contribution in [3.63, 3.8) is 0 Å². The zero-order chi connectivity index (χ0) is 17.3. The Morgan fingerprint density at radius 2 is 1.73 bits per heavy atom. The number of fused-ring (bicyclic) bond motifs is 1. The van der Waals surface area contributed by atoms with Crippen LogP contribution in [0.4, 0.5) is 0 Å². The molecule has 3 aromatic heterocycles. The van der Waals surface area contributed by atoms with Crippen molar-refractivity contribution in [2.24, 2.45) is 0 Å². The van der Waals surface area contributed by atoms with Crippen LogP contribution < -0.4 is 0 Å². The molecule has 0 atom stereocenters. The quantitative estimate of drug-likeness (QED) is 0.472. The summed E-state index contributed by atoms with van der Waals surface area (Å²) < 4.78 is 2.07. The van der Waals surface area contributed by atoms with Gasteiger partial charge >= 0.3 is 0 Å². The lowest BCUT2D eigenvalue weighted by atomic mass is 10.0. The Kier molecular flexibility index (Phi) is 3.46. The van der Waals surface area contributed by atoms with Crippen molar-refractivity contribution in [3.8, 4) is 22.4 Å². The van der Waals surface area contributed by atoms with Gasteiger partial charge in [0.05, 0.1) is 6.33 Å². The molecule has 0 amide bonds. The predicted molar refractivity (Wildman–Crippen MR) is 105 cm³/mol. The third kappa shape index (κ3) is 2.71. The molecule has 26 heavy (non-hydrogen) atoms. The lowest BCUT2D eigenvalue weighted by Crippen LogP contribution is -1.95. The van der Waals surface area contributed by atoms with Gasteiger partial charge in [-0.05, 0) is 51.9 Å². The first-order chi connectivity index (χ1) is 12.8.